The summed E-state index contributed by atoms with van der Waals surface area (Å²) in [4.78, 5) is 77.1. The van der Waals surface area contributed by atoms with E-state index in [4.69, 9.17) is 4.74 Å². The number of carboxylic acids is 1. The van der Waals surface area contributed by atoms with Crippen LogP contribution in [0, 0.1) is 11.8 Å². The number of amides is 5. The Bertz CT molecular complexity index is 1580. The second-order valence-electron chi connectivity index (χ2n) is 13.9. The van der Waals surface area contributed by atoms with Gasteiger partial charge in [-0.05, 0) is 72.6 Å². The van der Waals surface area contributed by atoms with Gasteiger partial charge in [-0.3, -0.25) is 19.2 Å². The summed E-state index contributed by atoms with van der Waals surface area (Å²) in [5.41, 5.74) is 3.08. The maximum absolute atomic E-state index is 13.6. The summed E-state index contributed by atoms with van der Waals surface area (Å²) in [6.45, 7) is 5.61. The molecule has 2 fully saturated rings. The van der Waals surface area contributed by atoms with Crippen LogP contribution in [0.1, 0.15) is 76.3 Å². The van der Waals surface area contributed by atoms with E-state index in [1.807, 2.05) is 50.2 Å². The van der Waals surface area contributed by atoms with Crippen LogP contribution < -0.4 is 21.3 Å². The molecule has 0 radical (unpaired) electrons. The molecule has 0 aromatic heterocycles. The van der Waals surface area contributed by atoms with Crippen molar-refractivity contribution in [3.63, 3.8) is 0 Å². The van der Waals surface area contributed by atoms with Crippen LogP contribution in [0.4, 0.5) is 4.79 Å². The number of rotatable bonds is 15. The lowest BCUT2D eigenvalue weighted by atomic mass is 9.98. The Balaban J connectivity index is 1.09. The minimum absolute atomic E-state index is 0.0552. The zero-order chi connectivity index (χ0) is 36.0. The molecule has 2 aromatic rings. The molecule has 268 valence electrons. The van der Waals surface area contributed by atoms with Crippen molar-refractivity contribution in [2.24, 2.45) is 11.8 Å². The Morgan fingerprint density at radius 3 is 2.26 bits per heavy atom. The molecule has 50 heavy (non-hydrogen) atoms. The lowest BCUT2D eigenvalue weighted by Gasteiger charge is -2.30. The van der Waals surface area contributed by atoms with Crippen molar-refractivity contribution in [3.05, 3.63) is 59.7 Å². The standard InChI is InChI=1S/C37H47N5O8/c1-22(2)18-30(40-32(44)20-39-23(3)43)34(46)42-17-9-15-31(42)33(45)41-37(35(47)48)19-24(37)10-8-16-38-36(49)50-21-29-27-13-6-4-11-25(27)26-12-5-7-14-28(26)29/h4-7,11-14,22,24,29-31H,8-10,15-21H2,1-3H3,(H,38,49)(H,39,43)(H,40,44)(H,41,45)(H,47,48)/t24?,30-,31-,37?/m0/s1. The number of likely N-dealkylation sites (tertiary alicyclic amines) is 1. The Morgan fingerprint density at radius 1 is 0.980 bits per heavy atom. The van der Waals surface area contributed by atoms with Crippen LogP contribution in [-0.2, 0) is 28.7 Å². The highest BCUT2D eigenvalue weighted by molar-refractivity contribution is 5.96. The number of carbonyl (C=O) groups is 6. The van der Waals surface area contributed by atoms with Crippen molar-refractivity contribution in [2.75, 3.05) is 26.2 Å². The fourth-order valence-corrected chi connectivity index (χ4v) is 7.28. The highest BCUT2D eigenvalue weighted by Crippen LogP contribution is 2.47. The third-order valence-corrected chi connectivity index (χ3v) is 9.85. The molecule has 13 heteroatoms. The number of aliphatic carboxylic acids is 1. The third-order valence-electron chi connectivity index (χ3n) is 9.85. The molecule has 5 amide bonds. The number of carboxylic acid groups (broad SMARTS) is 1. The molecule has 1 heterocycles. The first-order chi connectivity index (χ1) is 23.9. The zero-order valence-electron chi connectivity index (χ0n) is 28.8. The van der Waals surface area contributed by atoms with Crippen LogP contribution >= 0.6 is 0 Å². The smallest absolute Gasteiger partial charge is 0.407 e. The number of alkyl carbamates (subject to hydrolysis) is 1. The number of nitrogens with zero attached hydrogens (tertiary/aromatic N) is 1. The molecule has 2 unspecified atom stereocenters. The molecule has 0 bridgehead atoms. The maximum atomic E-state index is 13.6. The largest absolute Gasteiger partial charge is 0.479 e. The van der Waals surface area contributed by atoms with Gasteiger partial charge in [0.1, 0.15) is 24.2 Å². The van der Waals surface area contributed by atoms with E-state index in [9.17, 15) is 33.9 Å². The highest BCUT2D eigenvalue weighted by Gasteiger charge is 2.61. The van der Waals surface area contributed by atoms with Gasteiger partial charge in [0.15, 0.2) is 0 Å². The van der Waals surface area contributed by atoms with Crippen molar-refractivity contribution in [1.82, 2.24) is 26.2 Å². The van der Waals surface area contributed by atoms with Crippen molar-refractivity contribution < 1.29 is 38.6 Å². The third kappa shape index (κ3) is 8.26. The van der Waals surface area contributed by atoms with Crippen LogP contribution in [0.2, 0.25) is 0 Å². The van der Waals surface area contributed by atoms with Gasteiger partial charge in [0.25, 0.3) is 0 Å². The monoisotopic (exact) mass is 689 g/mol. The van der Waals surface area contributed by atoms with Crippen LogP contribution in [-0.4, -0.2) is 89.6 Å². The Morgan fingerprint density at radius 2 is 1.64 bits per heavy atom. The van der Waals surface area contributed by atoms with Crippen LogP contribution in [0.25, 0.3) is 11.1 Å². The molecule has 1 saturated carbocycles. The minimum Gasteiger partial charge on any atom is -0.479 e. The summed E-state index contributed by atoms with van der Waals surface area (Å²) >= 11 is 0. The molecule has 4 atom stereocenters. The molecular weight excluding hydrogens is 642 g/mol. The number of benzene rings is 2. The van der Waals surface area contributed by atoms with Gasteiger partial charge in [-0.1, -0.05) is 62.4 Å². The molecule has 5 N–H and O–H groups in total. The topological polar surface area (TPSA) is 183 Å². The fraction of sp³-hybridized carbons (Fsp3) is 0.514. The molecular formula is C37H47N5O8. The van der Waals surface area contributed by atoms with Crippen molar-refractivity contribution in [1.29, 1.82) is 0 Å². The summed E-state index contributed by atoms with van der Waals surface area (Å²) < 4.78 is 5.59. The average Bonchev–Trinajstić information content (AvgIpc) is 3.41. The second-order valence-corrected chi connectivity index (χ2v) is 13.9. The van der Waals surface area contributed by atoms with Crippen LogP contribution in [0.15, 0.2) is 48.5 Å². The predicted molar refractivity (Wildman–Crippen MR) is 184 cm³/mol. The molecule has 1 aliphatic heterocycles. The Hall–Kier alpha value is -4.94. The summed E-state index contributed by atoms with van der Waals surface area (Å²) in [5.74, 6) is -3.31. The van der Waals surface area contributed by atoms with E-state index < -0.39 is 47.4 Å². The summed E-state index contributed by atoms with van der Waals surface area (Å²) in [5, 5.41) is 20.7. The summed E-state index contributed by atoms with van der Waals surface area (Å²) in [6, 6.07) is 14.4. The van der Waals surface area contributed by atoms with Gasteiger partial charge >= 0.3 is 12.1 Å². The van der Waals surface area contributed by atoms with Gasteiger partial charge in [0.05, 0.1) is 6.54 Å². The molecule has 3 aliphatic rings. The second kappa shape index (κ2) is 15.7. The van der Waals surface area contributed by atoms with Crippen molar-refractivity contribution in [3.8, 4) is 11.1 Å². The minimum atomic E-state index is -1.44. The molecule has 1 saturated heterocycles. The van der Waals surface area contributed by atoms with Gasteiger partial charge in [0.2, 0.25) is 23.6 Å². The van der Waals surface area contributed by atoms with Gasteiger partial charge in [0, 0.05) is 25.9 Å². The van der Waals surface area contributed by atoms with E-state index >= 15 is 0 Å². The Kier molecular flexibility index (Phi) is 11.4. The normalized spacial score (nSPS) is 21.1. The molecule has 2 aliphatic carbocycles. The van der Waals surface area contributed by atoms with E-state index in [0.717, 1.165) is 22.3 Å². The zero-order valence-corrected chi connectivity index (χ0v) is 28.8. The lowest BCUT2D eigenvalue weighted by molar-refractivity contribution is -0.146. The van der Waals surface area contributed by atoms with E-state index in [1.165, 1.54) is 11.8 Å². The lowest BCUT2D eigenvalue weighted by Crippen LogP contribution is -2.57. The fourth-order valence-electron chi connectivity index (χ4n) is 7.28. The summed E-state index contributed by atoms with van der Waals surface area (Å²) in [6.07, 6.45) is 1.91. The quantitative estimate of drug-likeness (QED) is 0.177. The van der Waals surface area contributed by atoms with Gasteiger partial charge in [-0.15, -0.1) is 0 Å². The number of carbonyl (C=O) groups excluding carboxylic acids is 5. The SMILES string of the molecule is CC(=O)NCC(=O)N[C@@H](CC(C)C)C(=O)N1CCC[C@H]1C(=O)NC1(C(=O)O)CC1CCCNC(=O)OCC1c2ccccc2-c2ccccc21. The predicted octanol–water partition coefficient (Wildman–Crippen LogP) is 2.92. The first-order valence-electron chi connectivity index (χ1n) is 17.4. The van der Waals surface area contributed by atoms with Crippen molar-refractivity contribution >= 4 is 35.7 Å². The van der Waals surface area contributed by atoms with Crippen LogP contribution in [0.5, 0.6) is 0 Å². The van der Waals surface area contributed by atoms with E-state index in [2.05, 4.69) is 33.4 Å². The number of fused-ring (bicyclic) bond motifs is 3. The number of ether oxygens (including phenoxy) is 1. The number of hydrogen-bond acceptors (Lipinski definition) is 7. The highest BCUT2D eigenvalue weighted by atomic mass is 16.5. The summed E-state index contributed by atoms with van der Waals surface area (Å²) in [7, 11) is 0. The van der Waals surface area contributed by atoms with Gasteiger partial charge < -0.3 is 36.0 Å². The Labute approximate surface area is 291 Å². The number of nitrogens with one attached hydrogen (secondary N) is 4. The van der Waals surface area contributed by atoms with Crippen LogP contribution in [0.3, 0.4) is 0 Å². The average molecular weight is 690 g/mol. The first-order valence-corrected chi connectivity index (χ1v) is 17.4. The molecule has 13 nitrogen and oxygen atoms in total. The molecule has 0 spiro atoms. The maximum Gasteiger partial charge on any atom is 0.407 e. The van der Waals surface area contributed by atoms with Gasteiger partial charge in [-0.25, -0.2) is 9.59 Å². The molecule has 2 aromatic carbocycles. The number of hydrogen-bond donors (Lipinski definition) is 5. The van der Waals surface area contributed by atoms with Crippen molar-refractivity contribution in [2.45, 2.75) is 82.8 Å². The van der Waals surface area contributed by atoms with Gasteiger partial charge in [-0.2, -0.15) is 0 Å². The first kappa shape index (κ1) is 36.3. The molecule has 5 rings (SSSR count). The van der Waals surface area contributed by atoms with E-state index in [1.54, 1.807) is 0 Å². The van der Waals surface area contributed by atoms with E-state index in [0.29, 0.717) is 38.6 Å². The van der Waals surface area contributed by atoms with E-state index in [-0.39, 0.29) is 49.8 Å².